The first kappa shape index (κ1) is 18.8. The SMILES string of the molecule is Cc1ccc(C=C2Sc3ccc(C(=O)N4CCC(C)CC4)cc3NC2=O)cc1. The highest BCUT2D eigenvalue weighted by molar-refractivity contribution is 8.04. The van der Waals surface area contributed by atoms with E-state index in [4.69, 9.17) is 0 Å². The van der Waals surface area contributed by atoms with Crippen LogP contribution < -0.4 is 5.32 Å². The second-order valence-electron chi connectivity index (χ2n) is 7.66. The van der Waals surface area contributed by atoms with Gasteiger partial charge in [0.1, 0.15) is 0 Å². The molecule has 4 nitrogen and oxygen atoms in total. The summed E-state index contributed by atoms with van der Waals surface area (Å²) in [7, 11) is 0. The zero-order valence-electron chi connectivity index (χ0n) is 16.2. The summed E-state index contributed by atoms with van der Waals surface area (Å²) >= 11 is 1.44. The zero-order chi connectivity index (χ0) is 19.7. The number of aryl methyl sites for hydroxylation is 1. The minimum Gasteiger partial charge on any atom is -0.339 e. The third kappa shape index (κ3) is 3.99. The van der Waals surface area contributed by atoms with Crippen molar-refractivity contribution in [2.24, 2.45) is 5.92 Å². The molecule has 4 rings (SSSR count). The number of rotatable bonds is 2. The van der Waals surface area contributed by atoms with Crippen molar-refractivity contribution in [3.8, 4) is 0 Å². The number of likely N-dealkylation sites (tertiary alicyclic amines) is 1. The average Bonchev–Trinajstić information content (AvgIpc) is 2.70. The van der Waals surface area contributed by atoms with E-state index < -0.39 is 0 Å². The van der Waals surface area contributed by atoms with Gasteiger partial charge in [-0.1, -0.05) is 48.5 Å². The van der Waals surface area contributed by atoms with Gasteiger partial charge in [-0.15, -0.1) is 0 Å². The third-order valence-corrected chi connectivity index (χ3v) is 6.46. The molecule has 0 radical (unpaired) electrons. The van der Waals surface area contributed by atoms with E-state index in [9.17, 15) is 9.59 Å². The number of benzene rings is 2. The highest BCUT2D eigenvalue weighted by Crippen LogP contribution is 2.39. The lowest BCUT2D eigenvalue weighted by Crippen LogP contribution is -2.38. The van der Waals surface area contributed by atoms with Crippen LogP contribution >= 0.6 is 11.8 Å². The van der Waals surface area contributed by atoms with Crippen LogP contribution in [0.1, 0.15) is 41.3 Å². The second kappa shape index (κ2) is 7.84. The van der Waals surface area contributed by atoms with Crippen LogP contribution in [-0.4, -0.2) is 29.8 Å². The molecule has 2 aromatic rings. The fourth-order valence-electron chi connectivity index (χ4n) is 3.50. The molecule has 0 aliphatic carbocycles. The number of nitrogens with one attached hydrogen (secondary N) is 1. The summed E-state index contributed by atoms with van der Waals surface area (Å²) in [5.41, 5.74) is 3.54. The minimum atomic E-state index is -0.130. The highest BCUT2D eigenvalue weighted by atomic mass is 32.2. The molecular formula is C23H24N2O2S. The van der Waals surface area contributed by atoms with Crippen molar-refractivity contribution in [2.75, 3.05) is 18.4 Å². The maximum atomic E-state index is 12.8. The summed E-state index contributed by atoms with van der Waals surface area (Å²) in [6.45, 7) is 5.89. The van der Waals surface area contributed by atoms with Crippen LogP contribution in [0.25, 0.3) is 6.08 Å². The molecule has 144 valence electrons. The smallest absolute Gasteiger partial charge is 0.262 e. The number of nitrogens with zero attached hydrogens (tertiary/aromatic N) is 1. The minimum absolute atomic E-state index is 0.0509. The van der Waals surface area contributed by atoms with E-state index in [-0.39, 0.29) is 11.8 Å². The van der Waals surface area contributed by atoms with Crippen molar-refractivity contribution in [2.45, 2.75) is 31.6 Å². The van der Waals surface area contributed by atoms with E-state index in [1.807, 2.05) is 60.4 Å². The van der Waals surface area contributed by atoms with Gasteiger partial charge in [-0.3, -0.25) is 9.59 Å². The molecule has 0 saturated carbocycles. The summed E-state index contributed by atoms with van der Waals surface area (Å²) in [4.78, 5) is 28.9. The lowest BCUT2D eigenvalue weighted by molar-refractivity contribution is -0.112. The Morgan fingerprint density at radius 2 is 1.86 bits per heavy atom. The number of hydrogen-bond donors (Lipinski definition) is 1. The number of fused-ring (bicyclic) bond motifs is 1. The third-order valence-electron chi connectivity index (χ3n) is 5.36. The quantitative estimate of drug-likeness (QED) is 0.736. The molecule has 28 heavy (non-hydrogen) atoms. The molecule has 0 spiro atoms. The Hall–Kier alpha value is -2.53. The number of piperidine rings is 1. The van der Waals surface area contributed by atoms with Gasteiger partial charge in [0.2, 0.25) is 0 Å². The lowest BCUT2D eigenvalue weighted by atomic mass is 9.98. The molecule has 0 unspecified atom stereocenters. The van der Waals surface area contributed by atoms with Gasteiger partial charge in [0.05, 0.1) is 10.6 Å². The largest absolute Gasteiger partial charge is 0.339 e. The second-order valence-corrected chi connectivity index (χ2v) is 8.74. The van der Waals surface area contributed by atoms with Gasteiger partial charge in [-0.25, -0.2) is 0 Å². The lowest BCUT2D eigenvalue weighted by Gasteiger charge is -2.30. The molecule has 0 atom stereocenters. The Morgan fingerprint density at radius 3 is 2.57 bits per heavy atom. The Kier molecular flexibility index (Phi) is 5.27. The van der Waals surface area contributed by atoms with Gasteiger partial charge in [0.15, 0.2) is 0 Å². The van der Waals surface area contributed by atoms with Crippen LogP contribution in [0.4, 0.5) is 5.69 Å². The topological polar surface area (TPSA) is 49.4 Å². The van der Waals surface area contributed by atoms with Crippen LogP contribution in [0.3, 0.4) is 0 Å². The Labute approximate surface area is 170 Å². The number of carbonyl (C=O) groups is 2. The average molecular weight is 393 g/mol. The van der Waals surface area contributed by atoms with Crippen molar-refractivity contribution >= 4 is 35.3 Å². The molecule has 1 saturated heterocycles. The van der Waals surface area contributed by atoms with Crippen molar-refractivity contribution in [1.29, 1.82) is 0 Å². The summed E-state index contributed by atoms with van der Waals surface area (Å²) in [6, 6.07) is 13.7. The molecule has 2 heterocycles. The number of thioether (sulfide) groups is 1. The molecule has 2 aliphatic rings. The zero-order valence-corrected chi connectivity index (χ0v) is 17.0. The van der Waals surface area contributed by atoms with Crippen LogP contribution in [-0.2, 0) is 4.79 Å². The molecule has 2 aliphatic heterocycles. The molecule has 5 heteroatoms. The predicted octanol–water partition coefficient (Wildman–Crippen LogP) is 4.95. The first-order valence-corrected chi connectivity index (χ1v) is 10.5. The monoisotopic (exact) mass is 392 g/mol. The summed E-state index contributed by atoms with van der Waals surface area (Å²) in [5.74, 6) is 0.603. The molecule has 0 bridgehead atoms. The van der Waals surface area contributed by atoms with Crippen LogP contribution in [0.15, 0.2) is 52.3 Å². The van der Waals surface area contributed by atoms with Gasteiger partial charge in [-0.05, 0) is 55.5 Å². The first-order valence-electron chi connectivity index (χ1n) is 9.70. The highest BCUT2D eigenvalue weighted by Gasteiger charge is 2.25. The van der Waals surface area contributed by atoms with Gasteiger partial charge in [0.25, 0.3) is 11.8 Å². The van der Waals surface area contributed by atoms with Crippen LogP contribution in [0, 0.1) is 12.8 Å². The van der Waals surface area contributed by atoms with Gasteiger partial charge >= 0.3 is 0 Å². The van der Waals surface area contributed by atoms with E-state index >= 15 is 0 Å². The van der Waals surface area contributed by atoms with E-state index in [0.29, 0.717) is 22.1 Å². The molecule has 1 fully saturated rings. The molecule has 2 aromatic carbocycles. The Balaban J connectivity index is 1.53. The Bertz CT molecular complexity index is 942. The molecule has 1 N–H and O–H groups in total. The standard InChI is InChI=1S/C23H24N2O2S/c1-15-3-5-17(6-4-15)13-21-22(26)24-19-14-18(7-8-20(19)28-21)23(27)25-11-9-16(2)10-12-25/h3-8,13-14,16H,9-12H2,1-2H3,(H,24,26). The number of amides is 2. The normalized spacial score (nSPS) is 18.7. The molecule has 2 amide bonds. The van der Waals surface area contributed by atoms with E-state index in [2.05, 4.69) is 12.2 Å². The van der Waals surface area contributed by atoms with Crippen molar-refractivity contribution in [3.05, 3.63) is 64.1 Å². The van der Waals surface area contributed by atoms with E-state index in [1.165, 1.54) is 17.3 Å². The fourth-order valence-corrected chi connectivity index (χ4v) is 4.43. The van der Waals surface area contributed by atoms with Crippen LogP contribution in [0.5, 0.6) is 0 Å². The summed E-state index contributed by atoms with van der Waals surface area (Å²) in [6.07, 6.45) is 4.00. The summed E-state index contributed by atoms with van der Waals surface area (Å²) in [5, 5.41) is 2.95. The summed E-state index contributed by atoms with van der Waals surface area (Å²) < 4.78 is 0. The molecular weight excluding hydrogens is 368 g/mol. The van der Waals surface area contributed by atoms with E-state index in [0.717, 1.165) is 36.4 Å². The van der Waals surface area contributed by atoms with Gasteiger partial charge < -0.3 is 10.2 Å². The maximum Gasteiger partial charge on any atom is 0.262 e. The number of hydrogen-bond acceptors (Lipinski definition) is 3. The van der Waals surface area contributed by atoms with Gasteiger partial charge in [0, 0.05) is 23.5 Å². The van der Waals surface area contributed by atoms with Crippen LogP contribution in [0.2, 0.25) is 0 Å². The number of anilines is 1. The Morgan fingerprint density at radius 1 is 1.14 bits per heavy atom. The molecule has 0 aromatic heterocycles. The first-order chi connectivity index (χ1) is 13.5. The predicted molar refractivity (Wildman–Crippen MR) is 114 cm³/mol. The van der Waals surface area contributed by atoms with Gasteiger partial charge in [-0.2, -0.15) is 0 Å². The van der Waals surface area contributed by atoms with Crippen molar-refractivity contribution < 1.29 is 9.59 Å². The maximum absolute atomic E-state index is 12.8. The van der Waals surface area contributed by atoms with Crippen molar-refractivity contribution in [3.63, 3.8) is 0 Å². The number of carbonyl (C=O) groups excluding carboxylic acids is 2. The fraction of sp³-hybridized carbons (Fsp3) is 0.304. The van der Waals surface area contributed by atoms with E-state index in [1.54, 1.807) is 0 Å². The van der Waals surface area contributed by atoms with Crippen molar-refractivity contribution in [1.82, 2.24) is 4.90 Å².